The molecule has 0 radical (unpaired) electrons. The number of hydrogen-bond acceptors (Lipinski definition) is 5. The van der Waals surface area contributed by atoms with Crippen LogP contribution >= 0.6 is 0 Å². The standard InChI is InChI=1S/C19H25NO4/c1-3-19(12-21)6-8-20(9-7-19)11-14-10-17(23)24-18-13(2)16(22)5-4-15(14)18/h4-5,10,21-22H,3,6-9,11-12H2,1-2H3. The van der Waals surface area contributed by atoms with Gasteiger partial charge in [0.15, 0.2) is 0 Å². The summed E-state index contributed by atoms with van der Waals surface area (Å²) in [7, 11) is 0. The second-order valence-corrected chi connectivity index (χ2v) is 6.96. The van der Waals surface area contributed by atoms with E-state index in [1.54, 1.807) is 19.1 Å². The highest BCUT2D eigenvalue weighted by Crippen LogP contribution is 2.35. The Labute approximate surface area is 141 Å². The van der Waals surface area contributed by atoms with Crippen LogP contribution in [0.3, 0.4) is 0 Å². The van der Waals surface area contributed by atoms with Gasteiger partial charge in [0, 0.05) is 30.2 Å². The Morgan fingerprint density at radius 1 is 1.29 bits per heavy atom. The van der Waals surface area contributed by atoms with Crippen LogP contribution in [0.4, 0.5) is 0 Å². The Morgan fingerprint density at radius 3 is 2.62 bits per heavy atom. The first kappa shape index (κ1) is 17.0. The summed E-state index contributed by atoms with van der Waals surface area (Å²) in [5.41, 5.74) is 1.65. The molecule has 1 aliphatic heterocycles. The van der Waals surface area contributed by atoms with E-state index >= 15 is 0 Å². The van der Waals surface area contributed by atoms with E-state index in [0.29, 0.717) is 17.7 Å². The van der Waals surface area contributed by atoms with Gasteiger partial charge in [0.25, 0.3) is 0 Å². The maximum Gasteiger partial charge on any atom is 0.336 e. The van der Waals surface area contributed by atoms with Gasteiger partial charge in [-0.05, 0) is 62.4 Å². The molecule has 5 heteroatoms. The lowest BCUT2D eigenvalue weighted by Crippen LogP contribution is -2.41. The van der Waals surface area contributed by atoms with Crippen LogP contribution in [-0.2, 0) is 6.54 Å². The summed E-state index contributed by atoms with van der Waals surface area (Å²) in [4.78, 5) is 14.2. The summed E-state index contributed by atoms with van der Waals surface area (Å²) < 4.78 is 5.30. The van der Waals surface area contributed by atoms with Crippen LogP contribution in [0.25, 0.3) is 11.0 Å². The number of nitrogens with zero attached hydrogens (tertiary/aromatic N) is 1. The molecule has 1 aliphatic rings. The molecule has 130 valence electrons. The molecular weight excluding hydrogens is 306 g/mol. The summed E-state index contributed by atoms with van der Waals surface area (Å²) in [6.45, 7) is 6.63. The third-order valence-corrected chi connectivity index (χ3v) is 5.61. The number of rotatable bonds is 4. The first-order valence-corrected chi connectivity index (χ1v) is 8.56. The molecular formula is C19H25NO4. The van der Waals surface area contributed by atoms with Crippen molar-refractivity contribution in [2.45, 2.75) is 39.7 Å². The molecule has 0 amide bonds. The summed E-state index contributed by atoms with van der Waals surface area (Å²) in [5.74, 6) is 0.136. The number of phenols is 1. The van der Waals surface area contributed by atoms with Crippen molar-refractivity contribution in [1.29, 1.82) is 0 Å². The minimum absolute atomic E-state index is 0.0522. The van der Waals surface area contributed by atoms with Crippen molar-refractivity contribution in [1.82, 2.24) is 4.90 Å². The number of aromatic hydroxyl groups is 1. The molecule has 24 heavy (non-hydrogen) atoms. The number of aliphatic hydroxyl groups excluding tert-OH is 1. The first-order chi connectivity index (χ1) is 11.5. The van der Waals surface area contributed by atoms with E-state index < -0.39 is 0 Å². The van der Waals surface area contributed by atoms with Crippen LogP contribution in [0.15, 0.2) is 27.4 Å². The quantitative estimate of drug-likeness (QED) is 0.843. The van der Waals surface area contributed by atoms with Gasteiger partial charge < -0.3 is 14.6 Å². The number of phenolic OH excluding ortho intramolecular Hbond substituents is 1. The van der Waals surface area contributed by atoms with E-state index in [9.17, 15) is 15.0 Å². The molecule has 0 spiro atoms. The topological polar surface area (TPSA) is 73.9 Å². The third-order valence-electron chi connectivity index (χ3n) is 5.61. The molecule has 2 heterocycles. The fourth-order valence-electron chi connectivity index (χ4n) is 3.60. The lowest BCUT2D eigenvalue weighted by molar-refractivity contribution is 0.0383. The van der Waals surface area contributed by atoms with Gasteiger partial charge in [-0.1, -0.05) is 6.92 Å². The average molecular weight is 331 g/mol. The highest BCUT2D eigenvalue weighted by atomic mass is 16.4. The third kappa shape index (κ3) is 3.06. The van der Waals surface area contributed by atoms with Crippen LogP contribution < -0.4 is 5.63 Å². The SMILES string of the molecule is CCC1(CO)CCN(Cc2cc(=O)oc3c(C)c(O)ccc23)CC1. The van der Waals surface area contributed by atoms with Crippen molar-refractivity contribution < 1.29 is 14.6 Å². The average Bonchev–Trinajstić information content (AvgIpc) is 2.59. The highest BCUT2D eigenvalue weighted by Gasteiger charge is 2.32. The summed E-state index contributed by atoms with van der Waals surface area (Å²) >= 11 is 0. The maximum absolute atomic E-state index is 11.9. The second-order valence-electron chi connectivity index (χ2n) is 6.96. The fourth-order valence-corrected chi connectivity index (χ4v) is 3.60. The van der Waals surface area contributed by atoms with Crippen molar-refractivity contribution >= 4 is 11.0 Å². The van der Waals surface area contributed by atoms with E-state index in [2.05, 4.69) is 11.8 Å². The highest BCUT2D eigenvalue weighted by molar-refractivity contribution is 5.84. The predicted octanol–water partition coefficient (Wildman–Crippen LogP) is 2.79. The van der Waals surface area contributed by atoms with Crippen LogP contribution in [0.2, 0.25) is 0 Å². The molecule has 5 nitrogen and oxygen atoms in total. The molecule has 0 unspecified atom stereocenters. The van der Waals surface area contributed by atoms with Gasteiger partial charge in [-0.15, -0.1) is 0 Å². The van der Waals surface area contributed by atoms with E-state index in [1.165, 1.54) is 0 Å². The first-order valence-electron chi connectivity index (χ1n) is 8.56. The zero-order valence-corrected chi connectivity index (χ0v) is 14.3. The van der Waals surface area contributed by atoms with Gasteiger partial charge in [0.1, 0.15) is 11.3 Å². The number of fused-ring (bicyclic) bond motifs is 1. The maximum atomic E-state index is 11.9. The normalized spacial score (nSPS) is 18.1. The number of piperidine rings is 1. The van der Waals surface area contributed by atoms with Gasteiger partial charge in [-0.25, -0.2) is 4.79 Å². The van der Waals surface area contributed by atoms with Crippen molar-refractivity contribution in [3.8, 4) is 5.75 Å². The Kier molecular flexibility index (Phi) is 4.65. The van der Waals surface area contributed by atoms with Gasteiger partial charge in [-0.3, -0.25) is 4.90 Å². The molecule has 3 rings (SSSR count). The molecule has 0 aliphatic carbocycles. The zero-order valence-electron chi connectivity index (χ0n) is 14.3. The molecule has 0 atom stereocenters. The molecule has 2 aromatic rings. The fraction of sp³-hybridized carbons (Fsp3) is 0.526. The molecule has 1 aromatic carbocycles. The van der Waals surface area contributed by atoms with Gasteiger partial charge in [0.05, 0.1) is 0 Å². The van der Waals surface area contributed by atoms with Crippen molar-refractivity contribution in [2.75, 3.05) is 19.7 Å². The van der Waals surface area contributed by atoms with Crippen molar-refractivity contribution in [2.24, 2.45) is 5.41 Å². The second kappa shape index (κ2) is 6.57. The van der Waals surface area contributed by atoms with E-state index in [1.807, 2.05) is 6.07 Å². The molecule has 1 saturated heterocycles. The number of hydrogen-bond donors (Lipinski definition) is 2. The van der Waals surface area contributed by atoms with Gasteiger partial charge in [-0.2, -0.15) is 0 Å². The Balaban J connectivity index is 1.86. The van der Waals surface area contributed by atoms with Gasteiger partial charge >= 0.3 is 5.63 Å². The predicted molar refractivity (Wildman–Crippen MR) is 93.2 cm³/mol. The Hall–Kier alpha value is -1.85. The smallest absolute Gasteiger partial charge is 0.336 e. The molecule has 2 N–H and O–H groups in total. The number of aryl methyl sites for hydroxylation is 1. The van der Waals surface area contributed by atoms with E-state index in [0.717, 1.165) is 43.3 Å². The van der Waals surface area contributed by atoms with Crippen LogP contribution in [0.5, 0.6) is 5.75 Å². The number of aliphatic hydroxyl groups is 1. The molecule has 0 saturated carbocycles. The lowest BCUT2D eigenvalue weighted by atomic mass is 9.77. The minimum Gasteiger partial charge on any atom is -0.508 e. The van der Waals surface area contributed by atoms with E-state index in [4.69, 9.17) is 4.42 Å². The number of benzene rings is 1. The van der Waals surface area contributed by atoms with Crippen LogP contribution in [-0.4, -0.2) is 34.8 Å². The molecule has 0 bridgehead atoms. The lowest BCUT2D eigenvalue weighted by Gasteiger charge is -2.40. The largest absolute Gasteiger partial charge is 0.508 e. The number of likely N-dealkylation sites (tertiary alicyclic amines) is 1. The van der Waals surface area contributed by atoms with Crippen molar-refractivity contribution in [3.63, 3.8) is 0 Å². The summed E-state index contributed by atoms with van der Waals surface area (Å²) in [5, 5.41) is 20.4. The van der Waals surface area contributed by atoms with Gasteiger partial charge in [0.2, 0.25) is 0 Å². The van der Waals surface area contributed by atoms with Crippen LogP contribution in [0, 0.1) is 12.3 Å². The van der Waals surface area contributed by atoms with E-state index in [-0.39, 0.29) is 23.4 Å². The zero-order chi connectivity index (χ0) is 17.3. The Morgan fingerprint density at radius 2 is 2.00 bits per heavy atom. The van der Waals surface area contributed by atoms with Crippen molar-refractivity contribution in [3.05, 3.63) is 39.7 Å². The van der Waals surface area contributed by atoms with Crippen LogP contribution in [0.1, 0.15) is 37.3 Å². The minimum atomic E-state index is -0.388. The summed E-state index contributed by atoms with van der Waals surface area (Å²) in [6.07, 6.45) is 2.94. The summed E-state index contributed by atoms with van der Waals surface area (Å²) in [6, 6.07) is 5.00. The Bertz CT molecular complexity index is 782. The molecule has 1 aromatic heterocycles. The monoisotopic (exact) mass is 331 g/mol. The molecule has 1 fully saturated rings.